The SMILES string of the molecule is O=CN1CC[C@H](NCCCS(=O)(=O)O)C1. The van der Waals surface area contributed by atoms with E-state index >= 15 is 0 Å². The highest BCUT2D eigenvalue weighted by Gasteiger charge is 2.20. The first-order chi connectivity index (χ1) is 7.01. The van der Waals surface area contributed by atoms with Crippen LogP contribution in [0.3, 0.4) is 0 Å². The molecule has 1 amide bonds. The molecule has 88 valence electrons. The van der Waals surface area contributed by atoms with Crippen LogP contribution in [-0.4, -0.2) is 55.7 Å². The number of nitrogens with zero attached hydrogens (tertiary/aromatic N) is 1. The minimum absolute atomic E-state index is 0.218. The molecular formula is C8H16N2O4S. The average molecular weight is 236 g/mol. The van der Waals surface area contributed by atoms with E-state index in [0.717, 1.165) is 19.4 Å². The number of nitrogens with one attached hydrogen (secondary N) is 1. The van der Waals surface area contributed by atoms with Gasteiger partial charge in [-0.1, -0.05) is 0 Å². The van der Waals surface area contributed by atoms with Gasteiger partial charge < -0.3 is 10.2 Å². The predicted molar refractivity (Wildman–Crippen MR) is 55.1 cm³/mol. The van der Waals surface area contributed by atoms with E-state index in [2.05, 4.69) is 5.32 Å². The van der Waals surface area contributed by atoms with Gasteiger partial charge >= 0.3 is 0 Å². The van der Waals surface area contributed by atoms with Crippen LogP contribution in [0.5, 0.6) is 0 Å². The number of hydrogen-bond donors (Lipinski definition) is 2. The monoisotopic (exact) mass is 236 g/mol. The van der Waals surface area contributed by atoms with Crippen molar-refractivity contribution < 1.29 is 17.8 Å². The normalized spacial score (nSPS) is 21.9. The maximum absolute atomic E-state index is 10.4. The summed E-state index contributed by atoms with van der Waals surface area (Å²) < 4.78 is 29.3. The fraction of sp³-hybridized carbons (Fsp3) is 0.875. The van der Waals surface area contributed by atoms with Crippen LogP contribution in [0.25, 0.3) is 0 Å². The molecule has 0 bridgehead atoms. The number of amides is 1. The van der Waals surface area contributed by atoms with Gasteiger partial charge in [0, 0.05) is 19.1 Å². The van der Waals surface area contributed by atoms with Crippen LogP contribution in [0.4, 0.5) is 0 Å². The largest absolute Gasteiger partial charge is 0.344 e. The zero-order chi connectivity index (χ0) is 11.3. The third-order valence-electron chi connectivity index (χ3n) is 2.38. The lowest BCUT2D eigenvalue weighted by atomic mass is 10.2. The molecule has 0 saturated carbocycles. The van der Waals surface area contributed by atoms with Crippen molar-refractivity contribution >= 4 is 16.5 Å². The third-order valence-corrected chi connectivity index (χ3v) is 3.19. The van der Waals surface area contributed by atoms with Crippen molar-refractivity contribution in [2.24, 2.45) is 0 Å². The summed E-state index contributed by atoms with van der Waals surface area (Å²) in [4.78, 5) is 12.1. The first kappa shape index (κ1) is 12.4. The molecule has 6 nitrogen and oxygen atoms in total. The Morgan fingerprint density at radius 2 is 2.27 bits per heavy atom. The predicted octanol–water partition coefficient (Wildman–Crippen LogP) is -0.915. The molecule has 1 rings (SSSR count). The summed E-state index contributed by atoms with van der Waals surface area (Å²) in [5.74, 6) is -0.218. The molecule has 2 N–H and O–H groups in total. The summed E-state index contributed by atoms with van der Waals surface area (Å²) in [7, 11) is -3.84. The lowest BCUT2D eigenvalue weighted by Crippen LogP contribution is -2.33. The first-order valence-electron chi connectivity index (χ1n) is 4.89. The fourth-order valence-electron chi connectivity index (χ4n) is 1.61. The smallest absolute Gasteiger partial charge is 0.264 e. The molecule has 0 unspecified atom stereocenters. The highest BCUT2D eigenvalue weighted by molar-refractivity contribution is 7.85. The second kappa shape index (κ2) is 5.43. The molecule has 0 aliphatic carbocycles. The second-order valence-electron chi connectivity index (χ2n) is 3.68. The van der Waals surface area contributed by atoms with Crippen molar-refractivity contribution in [2.75, 3.05) is 25.4 Å². The lowest BCUT2D eigenvalue weighted by Gasteiger charge is -2.12. The molecule has 1 fully saturated rings. The molecule has 15 heavy (non-hydrogen) atoms. The van der Waals surface area contributed by atoms with Gasteiger partial charge in [0.2, 0.25) is 6.41 Å². The van der Waals surface area contributed by atoms with E-state index in [1.54, 1.807) is 4.90 Å². The summed E-state index contributed by atoms with van der Waals surface area (Å²) >= 11 is 0. The minimum atomic E-state index is -3.84. The van der Waals surface area contributed by atoms with Gasteiger partial charge in [-0.25, -0.2) is 0 Å². The summed E-state index contributed by atoms with van der Waals surface area (Å²) in [6, 6.07) is 0.247. The van der Waals surface area contributed by atoms with E-state index < -0.39 is 10.1 Å². The molecule has 1 aliphatic heterocycles. The van der Waals surface area contributed by atoms with Crippen molar-refractivity contribution in [3.05, 3.63) is 0 Å². The number of rotatable bonds is 6. The number of carbonyl (C=O) groups excluding carboxylic acids is 1. The molecular weight excluding hydrogens is 220 g/mol. The molecule has 0 radical (unpaired) electrons. The van der Waals surface area contributed by atoms with E-state index in [-0.39, 0.29) is 11.8 Å². The molecule has 1 heterocycles. The zero-order valence-electron chi connectivity index (χ0n) is 8.42. The van der Waals surface area contributed by atoms with Gasteiger partial charge in [-0.2, -0.15) is 8.42 Å². The van der Waals surface area contributed by atoms with Crippen molar-refractivity contribution in [3.8, 4) is 0 Å². The Labute approximate surface area is 89.4 Å². The molecule has 0 aromatic carbocycles. The van der Waals surface area contributed by atoms with Crippen molar-refractivity contribution in [1.29, 1.82) is 0 Å². The van der Waals surface area contributed by atoms with Crippen LogP contribution in [0.1, 0.15) is 12.8 Å². The Balaban J connectivity index is 2.09. The summed E-state index contributed by atoms with van der Waals surface area (Å²) in [5.41, 5.74) is 0. The van der Waals surface area contributed by atoms with E-state index in [4.69, 9.17) is 4.55 Å². The van der Waals surface area contributed by atoms with E-state index in [9.17, 15) is 13.2 Å². The van der Waals surface area contributed by atoms with E-state index in [1.165, 1.54) is 0 Å². The van der Waals surface area contributed by atoms with Crippen molar-refractivity contribution in [2.45, 2.75) is 18.9 Å². The van der Waals surface area contributed by atoms with Crippen LogP contribution in [0.2, 0.25) is 0 Å². The van der Waals surface area contributed by atoms with Gasteiger partial charge in [-0.15, -0.1) is 0 Å². The molecule has 0 spiro atoms. The third kappa shape index (κ3) is 5.10. The Morgan fingerprint density at radius 3 is 2.80 bits per heavy atom. The summed E-state index contributed by atoms with van der Waals surface area (Å²) in [6.45, 7) is 1.96. The Bertz CT molecular complexity index is 304. The Morgan fingerprint density at radius 1 is 1.53 bits per heavy atom. The summed E-state index contributed by atoms with van der Waals surface area (Å²) in [5, 5.41) is 3.14. The molecule has 1 saturated heterocycles. The van der Waals surface area contributed by atoms with Crippen molar-refractivity contribution in [1.82, 2.24) is 10.2 Å². The van der Waals surface area contributed by atoms with Crippen LogP contribution >= 0.6 is 0 Å². The molecule has 7 heteroatoms. The Kier molecular flexibility index (Phi) is 4.49. The van der Waals surface area contributed by atoms with Gasteiger partial charge in [-0.05, 0) is 19.4 Å². The zero-order valence-corrected chi connectivity index (χ0v) is 9.24. The summed E-state index contributed by atoms with van der Waals surface area (Å²) in [6.07, 6.45) is 2.10. The first-order valence-corrected chi connectivity index (χ1v) is 6.50. The molecule has 1 atom stereocenters. The molecule has 1 aliphatic rings. The Hall–Kier alpha value is -0.660. The maximum atomic E-state index is 10.4. The lowest BCUT2D eigenvalue weighted by molar-refractivity contribution is -0.117. The van der Waals surface area contributed by atoms with Gasteiger partial charge in [0.1, 0.15) is 0 Å². The highest BCUT2D eigenvalue weighted by Crippen LogP contribution is 2.06. The second-order valence-corrected chi connectivity index (χ2v) is 5.25. The fourth-order valence-corrected chi connectivity index (χ4v) is 2.12. The number of carbonyl (C=O) groups is 1. The van der Waals surface area contributed by atoms with E-state index in [0.29, 0.717) is 19.5 Å². The van der Waals surface area contributed by atoms with Crippen LogP contribution < -0.4 is 5.32 Å². The quantitative estimate of drug-likeness (QED) is 0.354. The number of likely N-dealkylation sites (tertiary alicyclic amines) is 1. The van der Waals surface area contributed by atoms with Crippen LogP contribution in [0, 0.1) is 0 Å². The van der Waals surface area contributed by atoms with Gasteiger partial charge in [0.15, 0.2) is 0 Å². The van der Waals surface area contributed by atoms with Crippen LogP contribution in [0.15, 0.2) is 0 Å². The molecule has 0 aromatic heterocycles. The standard InChI is InChI=1S/C8H16N2O4S/c11-7-10-4-2-8(6-10)9-3-1-5-15(12,13)14/h7-9H,1-6H2,(H,12,13,14)/t8-/m0/s1. The van der Waals surface area contributed by atoms with Gasteiger partial charge in [0.05, 0.1) is 5.75 Å². The van der Waals surface area contributed by atoms with Crippen LogP contribution in [-0.2, 0) is 14.9 Å². The van der Waals surface area contributed by atoms with Gasteiger partial charge in [0.25, 0.3) is 10.1 Å². The average Bonchev–Trinajstić information content (AvgIpc) is 2.59. The molecule has 0 aromatic rings. The topological polar surface area (TPSA) is 86.7 Å². The number of hydrogen-bond acceptors (Lipinski definition) is 4. The van der Waals surface area contributed by atoms with Gasteiger partial charge in [-0.3, -0.25) is 9.35 Å². The van der Waals surface area contributed by atoms with E-state index in [1.807, 2.05) is 0 Å². The minimum Gasteiger partial charge on any atom is -0.344 e. The maximum Gasteiger partial charge on any atom is 0.264 e. The van der Waals surface area contributed by atoms with Crippen molar-refractivity contribution in [3.63, 3.8) is 0 Å². The highest BCUT2D eigenvalue weighted by atomic mass is 32.2.